The lowest BCUT2D eigenvalue weighted by molar-refractivity contribution is 1.01. The van der Waals surface area contributed by atoms with Gasteiger partial charge >= 0.3 is 0 Å². The summed E-state index contributed by atoms with van der Waals surface area (Å²) in [6.07, 6.45) is 0. The number of hydrogen-bond acceptors (Lipinski definition) is 4. The van der Waals surface area contributed by atoms with E-state index in [-0.39, 0.29) is 0 Å². The fourth-order valence-electron chi connectivity index (χ4n) is 3.40. The minimum absolute atomic E-state index is 1.05. The Balaban J connectivity index is 0.000000614. The maximum absolute atomic E-state index is 3.61. The molecule has 0 saturated carbocycles. The van der Waals surface area contributed by atoms with Gasteiger partial charge in [-0.2, -0.15) is 0 Å². The van der Waals surface area contributed by atoms with E-state index in [1.54, 1.807) is 0 Å². The molecule has 0 fully saturated rings. The Morgan fingerprint density at radius 2 is 0.704 bits per heavy atom. The van der Waals surface area contributed by atoms with Crippen LogP contribution in [0, 0.1) is 0 Å². The Labute approximate surface area is 164 Å². The third kappa shape index (κ3) is 3.41. The number of nitrogens with zero attached hydrogens (tertiary/aromatic N) is 4. The average molecular weight is 365 g/mol. The molecule has 0 aromatic heterocycles. The Bertz CT molecular complexity index is 719. The maximum atomic E-state index is 3.61. The lowest BCUT2D eigenvalue weighted by Crippen LogP contribution is -2.25. The van der Waals surface area contributed by atoms with E-state index in [1.165, 1.54) is 22.7 Å². The third-order valence-electron chi connectivity index (χ3n) is 4.70. The van der Waals surface area contributed by atoms with Gasteiger partial charge < -0.3 is 19.6 Å². The minimum Gasteiger partial charge on any atom is -0.322 e. The van der Waals surface area contributed by atoms with Gasteiger partial charge in [-0.25, -0.2) is 0 Å². The van der Waals surface area contributed by atoms with Crippen LogP contribution in [-0.4, -0.2) is 28.2 Å². The van der Waals surface area contributed by atoms with Crippen LogP contribution in [0.2, 0.25) is 0 Å². The maximum Gasteiger partial charge on any atom is 0.161 e. The van der Waals surface area contributed by atoms with Crippen LogP contribution >= 0.6 is 0 Å². The Hall–Kier alpha value is -2.84. The van der Waals surface area contributed by atoms with Gasteiger partial charge in [-0.15, -0.1) is 0 Å². The largest absolute Gasteiger partial charge is 0.322 e. The average Bonchev–Trinajstić information content (AvgIpc) is 3.12. The van der Waals surface area contributed by atoms with Crippen molar-refractivity contribution in [1.29, 1.82) is 0 Å². The lowest BCUT2D eigenvalue weighted by Gasteiger charge is -2.19. The zero-order chi connectivity index (χ0) is 20.1. The van der Waals surface area contributed by atoms with E-state index < -0.39 is 0 Å². The van der Waals surface area contributed by atoms with Crippen molar-refractivity contribution in [3.8, 4) is 0 Å². The van der Waals surface area contributed by atoms with Crippen LogP contribution in [0.15, 0.2) is 65.9 Å². The molecule has 2 heterocycles. The first kappa shape index (κ1) is 20.5. The smallest absolute Gasteiger partial charge is 0.161 e. The van der Waals surface area contributed by atoms with Gasteiger partial charge in [0.2, 0.25) is 0 Å². The van der Waals surface area contributed by atoms with Gasteiger partial charge in [0.1, 0.15) is 0 Å². The van der Waals surface area contributed by atoms with Gasteiger partial charge in [0.25, 0.3) is 0 Å². The van der Waals surface area contributed by atoms with Crippen molar-refractivity contribution in [3.63, 3.8) is 0 Å². The summed E-state index contributed by atoms with van der Waals surface area (Å²) in [4.78, 5) is 8.75. The first-order valence-corrected chi connectivity index (χ1v) is 9.73. The summed E-state index contributed by atoms with van der Waals surface area (Å²) in [5.41, 5.74) is 8.44. The molecule has 0 aliphatic carbocycles. The predicted octanol–water partition coefficient (Wildman–Crippen LogP) is 5.49. The first-order valence-electron chi connectivity index (χ1n) is 9.73. The molecule has 0 atom stereocenters. The Morgan fingerprint density at radius 3 is 0.926 bits per heavy atom. The van der Waals surface area contributed by atoms with E-state index in [0.29, 0.717) is 0 Å². The summed E-state index contributed by atoms with van der Waals surface area (Å²) in [6, 6.07) is 16.9. The summed E-state index contributed by atoms with van der Waals surface area (Å²) in [5.74, 6) is 2.10. The van der Waals surface area contributed by atoms with Crippen LogP contribution in [0.1, 0.15) is 27.7 Å². The number of rotatable bonds is 0. The number of para-hydroxylation sites is 4. The molecule has 27 heavy (non-hydrogen) atoms. The molecule has 0 bridgehead atoms. The molecule has 4 heteroatoms. The van der Waals surface area contributed by atoms with Crippen LogP contribution < -0.4 is 19.6 Å². The normalized spacial score (nSPS) is 14.1. The van der Waals surface area contributed by atoms with E-state index in [2.05, 4.69) is 102 Å². The molecule has 0 unspecified atom stereocenters. The number of hydrogen-bond donors (Lipinski definition) is 0. The van der Waals surface area contributed by atoms with E-state index >= 15 is 0 Å². The van der Waals surface area contributed by atoms with E-state index in [4.69, 9.17) is 0 Å². The second-order valence-corrected chi connectivity index (χ2v) is 5.99. The van der Waals surface area contributed by atoms with Gasteiger partial charge in [0, 0.05) is 28.2 Å². The molecule has 2 aliphatic heterocycles. The number of anilines is 4. The van der Waals surface area contributed by atoms with Gasteiger partial charge in [-0.1, -0.05) is 52.0 Å². The summed E-state index contributed by atoms with van der Waals surface area (Å²) in [5, 5.41) is 0. The lowest BCUT2D eigenvalue weighted by atomic mass is 10.3. The molecule has 144 valence electrons. The molecule has 0 amide bonds. The summed E-state index contributed by atoms with van der Waals surface area (Å²) >= 11 is 0. The molecular formula is C23H32N4. The standard InChI is InChI=1S/C19H20N4.2C2H6/c1-20-14-9-5-6-10-15(14)21(2)18(20)13-19-22(3)16-11-7-8-12-17(16)23(19)4;2*1-2/h5-12H,1-4H3;2*1-2H3. The minimum atomic E-state index is 1.05. The van der Waals surface area contributed by atoms with E-state index in [1.807, 2.05) is 27.7 Å². The first-order chi connectivity index (χ1) is 13.1. The highest BCUT2D eigenvalue weighted by molar-refractivity contribution is 5.84. The molecule has 2 aromatic carbocycles. The van der Waals surface area contributed by atoms with Gasteiger partial charge in [0.05, 0.1) is 22.7 Å². The van der Waals surface area contributed by atoms with Crippen molar-refractivity contribution in [1.82, 2.24) is 0 Å². The van der Waals surface area contributed by atoms with Gasteiger partial charge in [0.15, 0.2) is 11.6 Å². The van der Waals surface area contributed by atoms with Crippen molar-refractivity contribution in [3.05, 3.63) is 65.9 Å². The SMILES string of the molecule is CC.CC.CN1C(=C=C2N(C)c3ccccc3N2C)N(C)c2ccccc21. The van der Waals surface area contributed by atoms with Crippen LogP contribution in [-0.2, 0) is 0 Å². The highest BCUT2D eigenvalue weighted by Crippen LogP contribution is 2.41. The topological polar surface area (TPSA) is 13.0 Å². The van der Waals surface area contributed by atoms with Crippen LogP contribution in [0.25, 0.3) is 0 Å². The Kier molecular flexibility index (Phi) is 6.59. The second-order valence-electron chi connectivity index (χ2n) is 5.99. The van der Waals surface area contributed by atoms with E-state index in [9.17, 15) is 0 Å². The van der Waals surface area contributed by atoms with Crippen LogP contribution in [0.5, 0.6) is 0 Å². The van der Waals surface area contributed by atoms with E-state index in [0.717, 1.165) is 11.6 Å². The van der Waals surface area contributed by atoms with Gasteiger partial charge in [-0.3, -0.25) is 0 Å². The monoisotopic (exact) mass is 364 g/mol. The highest BCUT2D eigenvalue weighted by Gasteiger charge is 2.29. The zero-order valence-corrected chi connectivity index (χ0v) is 17.9. The third-order valence-corrected chi connectivity index (χ3v) is 4.70. The zero-order valence-electron chi connectivity index (χ0n) is 17.9. The van der Waals surface area contributed by atoms with Crippen molar-refractivity contribution >= 4 is 22.7 Å². The molecule has 2 aliphatic rings. The molecule has 4 nitrogen and oxygen atoms in total. The number of fused-ring (bicyclic) bond motifs is 2. The summed E-state index contributed by atoms with van der Waals surface area (Å²) in [6.45, 7) is 8.00. The number of benzene rings is 2. The summed E-state index contributed by atoms with van der Waals surface area (Å²) < 4.78 is 0. The van der Waals surface area contributed by atoms with Crippen molar-refractivity contribution in [2.45, 2.75) is 27.7 Å². The second kappa shape index (κ2) is 8.70. The molecule has 0 saturated heterocycles. The molecule has 0 N–H and O–H groups in total. The summed E-state index contributed by atoms with van der Waals surface area (Å²) in [7, 11) is 8.36. The van der Waals surface area contributed by atoms with Crippen LogP contribution in [0.3, 0.4) is 0 Å². The molecule has 4 rings (SSSR count). The van der Waals surface area contributed by atoms with Crippen molar-refractivity contribution < 1.29 is 0 Å². The van der Waals surface area contributed by atoms with Crippen LogP contribution in [0.4, 0.5) is 22.7 Å². The fourth-order valence-corrected chi connectivity index (χ4v) is 3.40. The molecule has 0 radical (unpaired) electrons. The molecule has 0 spiro atoms. The molecular weight excluding hydrogens is 332 g/mol. The van der Waals surface area contributed by atoms with Gasteiger partial charge in [-0.05, 0) is 30.0 Å². The quantitative estimate of drug-likeness (QED) is 0.573. The highest BCUT2D eigenvalue weighted by atomic mass is 15.4. The predicted molar refractivity (Wildman–Crippen MR) is 120 cm³/mol. The fraction of sp³-hybridized carbons (Fsp3) is 0.348. The van der Waals surface area contributed by atoms with Crippen molar-refractivity contribution in [2.75, 3.05) is 47.8 Å². The van der Waals surface area contributed by atoms with Crippen molar-refractivity contribution in [2.24, 2.45) is 0 Å². The Morgan fingerprint density at radius 1 is 0.481 bits per heavy atom. The molecule has 2 aromatic rings.